The number of hydrogen-bond donors (Lipinski definition) is 15. The van der Waals surface area contributed by atoms with Gasteiger partial charge in [0.05, 0.1) is 61.4 Å². The second-order valence-electron chi connectivity index (χ2n) is 25.3. The smallest absolute Gasteiger partial charge is 0.255 e. The minimum absolute atomic E-state index is 0.00583. The molecule has 0 saturated heterocycles. The van der Waals surface area contributed by atoms with Gasteiger partial charge in [-0.25, -0.2) is 0 Å². The van der Waals surface area contributed by atoms with E-state index in [0.29, 0.717) is 170 Å². The summed E-state index contributed by atoms with van der Waals surface area (Å²) in [5.41, 5.74) is 24.1. The van der Waals surface area contributed by atoms with Crippen molar-refractivity contribution in [1.82, 2.24) is 42.1 Å². The second-order valence-corrected chi connectivity index (χ2v) is 25.3. The molecule has 0 bridgehead atoms. The number of carbonyl (C=O) groups excluding carboxylic acids is 6. The number of benzene rings is 3. The summed E-state index contributed by atoms with van der Waals surface area (Å²) < 4.78 is 30.6. The molecular formula is C69H108N16O11. The van der Waals surface area contributed by atoms with Crippen LogP contribution in [0.5, 0.6) is 28.7 Å². The average Bonchev–Trinajstić information content (AvgIpc) is 0.826. The Hall–Kier alpha value is -8.88. The molecule has 3 aromatic carbocycles. The molecule has 5 rings (SSSR count). The molecule has 0 aliphatic heterocycles. The number of ketones is 3. The first-order valence-corrected chi connectivity index (χ1v) is 34.0. The third kappa shape index (κ3) is 27.8. The van der Waals surface area contributed by atoms with Gasteiger partial charge in [0.2, 0.25) is 0 Å². The molecule has 0 heterocycles. The Morgan fingerprint density at radius 3 is 1.12 bits per heavy atom. The Balaban J connectivity index is 1.20. The molecule has 2 aliphatic carbocycles. The second kappa shape index (κ2) is 41.8. The molecule has 19 N–H and O–H groups in total. The first-order valence-electron chi connectivity index (χ1n) is 34.0. The minimum Gasteiger partial charge on any atom is -0.496 e. The fraction of sp³-hybridized carbons (Fsp3) is 0.594. The van der Waals surface area contributed by atoms with Gasteiger partial charge in [-0.05, 0) is 198 Å². The van der Waals surface area contributed by atoms with Crippen molar-refractivity contribution < 1.29 is 52.5 Å². The van der Waals surface area contributed by atoms with Crippen LogP contribution < -0.4 is 83.8 Å². The van der Waals surface area contributed by atoms with Crippen LogP contribution in [-0.4, -0.2) is 163 Å². The Labute approximate surface area is 565 Å². The van der Waals surface area contributed by atoms with Crippen LogP contribution in [0.4, 0.5) is 0 Å². The molecule has 0 unspecified atom stereocenters. The third-order valence-corrected chi connectivity index (χ3v) is 17.2. The summed E-state index contributed by atoms with van der Waals surface area (Å²) >= 11 is 0. The van der Waals surface area contributed by atoms with Crippen molar-refractivity contribution in [2.75, 3.05) is 86.9 Å². The summed E-state index contributed by atoms with van der Waals surface area (Å²) in [7, 11) is 5.32. The quantitative estimate of drug-likeness (QED) is 0.0120. The van der Waals surface area contributed by atoms with Gasteiger partial charge < -0.3 is 88.7 Å². The van der Waals surface area contributed by atoms with Crippen LogP contribution in [0.2, 0.25) is 0 Å². The van der Waals surface area contributed by atoms with Gasteiger partial charge in [-0.1, -0.05) is 0 Å². The molecule has 0 spiro atoms. The lowest BCUT2D eigenvalue weighted by Crippen LogP contribution is -2.38. The topological polar surface area (TPSA) is 436 Å². The van der Waals surface area contributed by atoms with Crippen LogP contribution >= 0.6 is 0 Å². The van der Waals surface area contributed by atoms with Crippen LogP contribution in [0.1, 0.15) is 216 Å². The highest BCUT2D eigenvalue weighted by molar-refractivity contribution is 6.06. The number of unbranched alkanes of at least 4 members (excludes halogenated alkanes) is 8. The van der Waals surface area contributed by atoms with E-state index in [0.717, 1.165) is 51.4 Å². The monoisotopic (exact) mass is 1340 g/mol. The molecule has 3 amide bonds. The summed E-state index contributed by atoms with van der Waals surface area (Å²) in [6, 6.07) is 9.33. The number of likely N-dealkylation sites (N-methyl/N-ethyl adjacent to an activating group) is 1. The van der Waals surface area contributed by atoms with Crippen LogP contribution in [0.15, 0.2) is 36.4 Å². The minimum atomic E-state index is -0.404. The maximum atomic E-state index is 14.4. The van der Waals surface area contributed by atoms with Crippen LogP contribution in [-0.2, 0) is 0 Å². The summed E-state index contributed by atoms with van der Waals surface area (Å²) in [6.07, 6.45) is 14.5. The Morgan fingerprint density at radius 2 is 0.771 bits per heavy atom. The van der Waals surface area contributed by atoms with Crippen molar-refractivity contribution in [3.8, 4) is 28.7 Å². The molecule has 0 atom stereocenters. The van der Waals surface area contributed by atoms with Crippen LogP contribution in [0.25, 0.3) is 0 Å². The lowest BCUT2D eigenvalue weighted by molar-refractivity contribution is 0.0890. The van der Waals surface area contributed by atoms with Crippen molar-refractivity contribution in [3.63, 3.8) is 0 Å². The van der Waals surface area contributed by atoms with Gasteiger partial charge in [0, 0.05) is 81.9 Å². The average molecular weight is 1340 g/mol. The number of guanidine groups is 4. The van der Waals surface area contributed by atoms with Crippen molar-refractivity contribution in [2.24, 2.45) is 34.8 Å². The number of Topliss-reactive ketones (excluding diaryl/α,β-unsaturated/α-hetero) is 3. The molecule has 2 saturated carbocycles. The molecule has 2 fully saturated rings. The molecule has 0 aromatic heterocycles. The fourth-order valence-corrected chi connectivity index (χ4v) is 11.8. The third-order valence-electron chi connectivity index (χ3n) is 17.2. The van der Waals surface area contributed by atoms with Crippen molar-refractivity contribution in [1.29, 1.82) is 21.6 Å². The SMILES string of the molecule is COc1cc(C)c(C(=O)C[C@H]2CC[C@@H](NC(=O)c3cc(C(C)=O)c(OCCCCCNC(=N)N)cc3OCCCCCNC(=N)N)CC2)cc1C(=O)C[C@H]1CC[C@@H](NC(=O)c2cc(C(=O)NCCN(C)C)c(OCCCCCNC(=N)N)cc2OCCCCCNC(=N)N)CC1. The predicted molar refractivity (Wildman–Crippen MR) is 373 cm³/mol. The van der Waals surface area contributed by atoms with Gasteiger partial charge in [-0.2, -0.15) is 0 Å². The van der Waals surface area contributed by atoms with Gasteiger partial charge >= 0.3 is 0 Å². The standard InChI is InChI=1S/C69H108N16O11/c1-44-36-58(92-5)52(39-50(44)56(87)37-46-18-22-48(23-19-46)83-64(90)54-40-51(45(2)86)59(93-32-14-6-10-26-79-66(70)71)42-61(54)95-34-16-8-12-28-81-68(74)75)57(88)38-47-20-24-49(25-21-47)84-65(91)55-41-53(63(89)78-30-31-85(3)4)60(94-33-15-7-11-27-80-67(72)73)43-62(55)96-35-17-9-13-29-82-69(76)77/h36,39-43,46-49H,6-35,37-38H2,1-5H3,(H,78,89)(H,83,90)(H,84,91)(H4,70,71,79)(H4,72,73,80)(H4,74,75,81)(H4,76,77,82)/t46-,47-,48+,49+. The Morgan fingerprint density at radius 1 is 0.427 bits per heavy atom. The summed E-state index contributed by atoms with van der Waals surface area (Å²) in [4.78, 5) is 85.9. The van der Waals surface area contributed by atoms with E-state index in [1.54, 1.807) is 24.3 Å². The maximum absolute atomic E-state index is 14.4. The molecule has 2 aliphatic rings. The molecular weight excluding hydrogens is 1230 g/mol. The van der Waals surface area contributed by atoms with E-state index in [-0.39, 0.29) is 124 Å². The maximum Gasteiger partial charge on any atom is 0.255 e. The molecule has 27 nitrogen and oxygen atoms in total. The van der Waals surface area contributed by atoms with Crippen molar-refractivity contribution >= 4 is 58.9 Å². The highest BCUT2D eigenvalue weighted by Crippen LogP contribution is 2.37. The molecule has 530 valence electrons. The summed E-state index contributed by atoms with van der Waals surface area (Å²) in [6.45, 7) is 7.62. The van der Waals surface area contributed by atoms with Crippen molar-refractivity contribution in [3.05, 3.63) is 75.3 Å². The number of hydrogen-bond acceptors (Lipinski definition) is 16. The van der Waals surface area contributed by atoms with Gasteiger partial charge in [-0.15, -0.1) is 0 Å². The highest BCUT2D eigenvalue weighted by atomic mass is 16.5. The lowest BCUT2D eigenvalue weighted by atomic mass is 9.80. The number of methoxy groups -OCH3 is 1. The van der Waals surface area contributed by atoms with E-state index in [2.05, 4.69) is 37.2 Å². The van der Waals surface area contributed by atoms with Crippen LogP contribution in [0, 0.1) is 40.4 Å². The zero-order chi connectivity index (χ0) is 69.9. The zero-order valence-corrected chi connectivity index (χ0v) is 57.1. The van der Waals surface area contributed by atoms with Gasteiger partial charge in [-0.3, -0.25) is 50.4 Å². The van der Waals surface area contributed by atoms with E-state index >= 15 is 0 Å². The number of aryl methyl sites for hydroxylation is 1. The molecule has 96 heavy (non-hydrogen) atoms. The number of nitrogens with zero attached hydrogens (tertiary/aromatic N) is 1. The van der Waals surface area contributed by atoms with Gasteiger partial charge in [0.25, 0.3) is 17.7 Å². The van der Waals surface area contributed by atoms with E-state index in [1.165, 1.54) is 26.2 Å². The summed E-state index contributed by atoms with van der Waals surface area (Å²) in [5.74, 6) is -0.416. The van der Waals surface area contributed by atoms with E-state index < -0.39 is 11.8 Å². The Kier molecular flexibility index (Phi) is 33.9. The van der Waals surface area contributed by atoms with Gasteiger partial charge in [0.1, 0.15) is 28.7 Å². The van der Waals surface area contributed by atoms with Crippen molar-refractivity contribution in [2.45, 2.75) is 167 Å². The molecule has 3 aromatic rings. The first-order chi connectivity index (χ1) is 46.0. The molecule has 27 heteroatoms. The zero-order valence-electron chi connectivity index (χ0n) is 57.1. The largest absolute Gasteiger partial charge is 0.496 e. The first kappa shape index (κ1) is 77.8. The number of rotatable bonds is 44. The number of amides is 3. The normalized spacial score (nSPS) is 15.9. The number of ether oxygens (including phenoxy) is 5. The molecule has 0 radical (unpaired) electrons. The number of carbonyl (C=O) groups is 6. The van der Waals surface area contributed by atoms with Crippen LogP contribution in [0.3, 0.4) is 0 Å². The van der Waals surface area contributed by atoms with E-state index in [4.69, 9.17) is 68.3 Å². The highest BCUT2D eigenvalue weighted by Gasteiger charge is 2.31. The van der Waals surface area contributed by atoms with E-state index in [9.17, 15) is 28.8 Å². The predicted octanol–water partition coefficient (Wildman–Crippen LogP) is 6.75. The number of nitrogens with two attached hydrogens (primary N) is 4. The fourth-order valence-electron chi connectivity index (χ4n) is 11.8. The summed E-state index contributed by atoms with van der Waals surface area (Å²) in [5, 5.41) is 50.1. The Bertz CT molecular complexity index is 3090. The van der Waals surface area contributed by atoms with E-state index in [1.807, 2.05) is 25.9 Å². The van der Waals surface area contributed by atoms with Gasteiger partial charge in [0.15, 0.2) is 41.2 Å². The number of nitrogens with one attached hydrogen (secondary N) is 11. The lowest BCUT2D eigenvalue weighted by Gasteiger charge is -2.29.